The second-order valence-corrected chi connectivity index (χ2v) is 9.92. The summed E-state index contributed by atoms with van der Waals surface area (Å²) < 4.78 is 27.6. The lowest BCUT2D eigenvalue weighted by Crippen LogP contribution is -2.52. The Balaban J connectivity index is 1.33. The van der Waals surface area contributed by atoms with Crippen molar-refractivity contribution in [2.75, 3.05) is 41.9 Å². The molecule has 5 rings (SSSR count). The summed E-state index contributed by atoms with van der Waals surface area (Å²) in [5, 5.41) is 0. The molecule has 0 N–H and O–H groups in total. The van der Waals surface area contributed by atoms with Crippen molar-refractivity contribution in [2.45, 2.75) is 36.6 Å². The minimum Gasteiger partial charge on any atom is -0.369 e. The topological polar surface area (TPSA) is 43.9 Å². The quantitative estimate of drug-likeness (QED) is 0.795. The van der Waals surface area contributed by atoms with Crippen LogP contribution >= 0.6 is 0 Å². The van der Waals surface area contributed by atoms with Crippen molar-refractivity contribution in [3.8, 4) is 0 Å². The van der Waals surface area contributed by atoms with E-state index in [-0.39, 0.29) is 0 Å². The lowest BCUT2D eigenvalue weighted by molar-refractivity contribution is 0.120. The van der Waals surface area contributed by atoms with Crippen LogP contribution < -0.4 is 9.21 Å². The number of nitrogens with zero attached hydrogens (tertiary/aromatic N) is 3. The highest BCUT2D eigenvalue weighted by atomic mass is 32.2. The average molecular weight is 398 g/mol. The molecule has 2 aromatic rings. The molecule has 0 radical (unpaired) electrons. The number of fused-ring (bicyclic) bond motifs is 1. The van der Waals surface area contributed by atoms with Gasteiger partial charge >= 0.3 is 0 Å². The minimum absolute atomic E-state index is 0.360. The monoisotopic (exact) mass is 397 g/mol. The predicted octanol–water partition coefficient (Wildman–Crippen LogP) is 3.11. The van der Waals surface area contributed by atoms with Gasteiger partial charge in [0.2, 0.25) is 0 Å². The van der Waals surface area contributed by atoms with Crippen LogP contribution in [-0.2, 0) is 16.4 Å². The van der Waals surface area contributed by atoms with Crippen LogP contribution in [0.25, 0.3) is 0 Å². The van der Waals surface area contributed by atoms with Gasteiger partial charge in [-0.3, -0.25) is 9.21 Å². The Kier molecular flexibility index (Phi) is 4.56. The highest BCUT2D eigenvalue weighted by molar-refractivity contribution is 7.92. The van der Waals surface area contributed by atoms with Crippen molar-refractivity contribution in [2.24, 2.45) is 0 Å². The van der Waals surface area contributed by atoms with Gasteiger partial charge in [-0.15, -0.1) is 0 Å². The second kappa shape index (κ2) is 7.08. The zero-order valence-corrected chi connectivity index (χ0v) is 16.9. The molecule has 148 valence electrons. The van der Waals surface area contributed by atoms with E-state index in [2.05, 4.69) is 21.9 Å². The maximum absolute atomic E-state index is 13.0. The van der Waals surface area contributed by atoms with Crippen LogP contribution in [-0.4, -0.2) is 52.1 Å². The Morgan fingerprint density at radius 1 is 0.857 bits per heavy atom. The molecule has 3 aliphatic rings. The Hall–Kier alpha value is -2.05. The van der Waals surface area contributed by atoms with Crippen LogP contribution in [0.3, 0.4) is 0 Å². The molecule has 0 spiro atoms. The number of piperazine rings is 1. The molecular formula is C22H27N3O2S. The smallest absolute Gasteiger partial charge is 0.264 e. The number of hydrogen-bond acceptors (Lipinski definition) is 4. The van der Waals surface area contributed by atoms with E-state index >= 15 is 0 Å². The highest BCUT2D eigenvalue weighted by Crippen LogP contribution is 2.36. The van der Waals surface area contributed by atoms with Crippen LogP contribution in [0.1, 0.15) is 24.8 Å². The van der Waals surface area contributed by atoms with Gasteiger partial charge in [0.15, 0.2) is 0 Å². The van der Waals surface area contributed by atoms with Crippen LogP contribution in [0.5, 0.6) is 0 Å². The van der Waals surface area contributed by atoms with Gasteiger partial charge in [0, 0.05) is 44.5 Å². The standard InChI is InChI=1S/C22H27N3O2S/c26-28(27,21-7-2-1-3-8-21)25-12-11-18-17-20(9-10-22(18)25)24-15-13-23(14-16-24)19-5-4-6-19/h1-3,7-10,17,19H,4-6,11-16H2. The van der Waals surface area contributed by atoms with E-state index in [1.54, 1.807) is 28.6 Å². The molecule has 2 heterocycles. The van der Waals surface area contributed by atoms with Gasteiger partial charge in [-0.2, -0.15) is 0 Å². The van der Waals surface area contributed by atoms with Crippen molar-refractivity contribution in [1.82, 2.24) is 4.90 Å². The molecule has 6 heteroatoms. The summed E-state index contributed by atoms with van der Waals surface area (Å²) in [6.07, 6.45) is 4.89. The Bertz CT molecular complexity index is 949. The van der Waals surface area contributed by atoms with Gasteiger partial charge in [-0.25, -0.2) is 8.42 Å². The van der Waals surface area contributed by atoms with Crippen molar-refractivity contribution in [3.63, 3.8) is 0 Å². The fourth-order valence-electron chi connectivity index (χ4n) is 4.62. The Morgan fingerprint density at radius 3 is 2.29 bits per heavy atom. The lowest BCUT2D eigenvalue weighted by atomic mass is 9.91. The van der Waals surface area contributed by atoms with Crippen molar-refractivity contribution in [1.29, 1.82) is 0 Å². The Morgan fingerprint density at radius 2 is 1.61 bits per heavy atom. The van der Waals surface area contributed by atoms with E-state index in [4.69, 9.17) is 0 Å². The van der Waals surface area contributed by atoms with Crippen LogP contribution in [0.15, 0.2) is 53.4 Å². The third-order valence-electron chi connectivity index (χ3n) is 6.52. The zero-order valence-electron chi connectivity index (χ0n) is 16.1. The van der Waals surface area contributed by atoms with E-state index in [1.165, 1.54) is 24.9 Å². The van der Waals surface area contributed by atoms with Crippen molar-refractivity contribution in [3.05, 3.63) is 54.1 Å². The molecule has 1 aliphatic carbocycles. The van der Waals surface area contributed by atoms with Crippen molar-refractivity contribution >= 4 is 21.4 Å². The fraction of sp³-hybridized carbons (Fsp3) is 0.455. The fourth-order valence-corrected chi connectivity index (χ4v) is 6.15. The summed E-state index contributed by atoms with van der Waals surface area (Å²) in [6.45, 7) is 4.90. The maximum atomic E-state index is 13.0. The van der Waals surface area contributed by atoms with Crippen LogP contribution in [0.2, 0.25) is 0 Å². The molecule has 5 nitrogen and oxygen atoms in total. The molecule has 0 unspecified atom stereocenters. The number of benzene rings is 2. The molecule has 28 heavy (non-hydrogen) atoms. The Labute approximate surface area is 167 Å². The lowest BCUT2D eigenvalue weighted by Gasteiger charge is -2.43. The van der Waals surface area contributed by atoms with E-state index in [0.717, 1.165) is 49.9 Å². The zero-order chi connectivity index (χ0) is 19.1. The molecule has 0 bridgehead atoms. The van der Waals surface area contributed by atoms with Crippen LogP contribution in [0.4, 0.5) is 11.4 Å². The molecule has 0 atom stereocenters. The highest BCUT2D eigenvalue weighted by Gasteiger charge is 2.32. The maximum Gasteiger partial charge on any atom is 0.264 e. The van der Waals surface area contributed by atoms with E-state index < -0.39 is 10.0 Å². The molecular weight excluding hydrogens is 370 g/mol. The summed E-state index contributed by atoms with van der Waals surface area (Å²) >= 11 is 0. The minimum atomic E-state index is -3.49. The number of sulfonamides is 1. The first kappa shape index (κ1) is 18.0. The molecule has 1 saturated carbocycles. The summed E-state index contributed by atoms with van der Waals surface area (Å²) in [5.74, 6) is 0. The number of hydrogen-bond donors (Lipinski definition) is 0. The van der Waals surface area contributed by atoms with Gasteiger partial charge in [-0.05, 0) is 55.2 Å². The first-order valence-electron chi connectivity index (χ1n) is 10.3. The molecule has 2 aromatic carbocycles. The normalized spacial score (nSPS) is 20.9. The van der Waals surface area contributed by atoms with E-state index in [9.17, 15) is 8.42 Å². The molecule has 0 aromatic heterocycles. The summed E-state index contributed by atoms with van der Waals surface area (Å²) in [7, 11) is -3.49. The van der Waals surface area contributed by atoms with Gasteiger partial charge < -0.3 is 4.90 Å². The molecule has 2 fully saturated rings. The van der Waals surface area contributed by atoms with Gasteiger partial charge in [0.05, 0.1) is 10.6 Å². The number of rotatable bonds is 4. The predicted molar refractivity (Wildman–Crippen MR) is 113 cm³/mol. The van der Waals surface area contributed by atoms with Gasteiger partial charge in [0.25, 0.3) is 10.0 Å². The molecule has 2 aliphatic heterocycles. The molecule has 0 amide bonds. The van der Waals surface area contributed by atoms with Crippen LogP contribution in [0, 0.1) is 0 Å². The first-order valence-corrected chi connectivity index (χ1v) is 11.8. The van der Waals surface area contributed by atoms with Gasteiger partial charge in [-0.1, -0.05) is 24.6 Å². The number of anilines is 2. The largest absolute Gasteiger partial charge is 0.369 e. The SMILES string of the molecule is O=S(=O)(c1ccccc1)N1CCc2cc(N3CCN(C4CCC4)CC3)ccc21. The summed E-state index contributed by atoms with van der Waals surface area (Å²) in [5.41, 5.74) is 3.20. The second-order valence-electron chi connectivity index (χ2n) is 8.06. The third-order valence-corrected chi connectivity index (χ3v) is 8.35. The third kappa shape index (κ3) is 3.08. The van der Waals surface area contributed by atoms with Crippen molar-refractivity contribution < 1.29 is 8.42 Å². The first-order chi connectivity index (χ1) is 13.6. The summed E-state index contributed by atoms with van der Waals surface area (Å²) in [6, 6.07) is 15.8. The van der Waals surface area contributed by atoms with Gasteiger partial charge in [0.1, 0.15) is 0 Å². The molecule has 1 saturated heterocycles. The summed E-state index contributed by atoms with van der Waals surface area (Å²) in [4.78, 5) is 5.45. The van der Waals surface area contributed by atoms with E-state index in [1.807, 2.05) is 12.1 Å². The average Bonchev–Trinajstić information content (AvgIpc) is 3.12. The van der Waals surface area contributed by atoms with E-state index in [0.29, 0.717) is 11.4 Å².